The minimum absolute atomic E-state index is 0.0470. The number of para-hydroxylation sites is 1. The first kappa shape index (κ1) is 21.5. The number of nitrogens with one attached hydrogen (secondary N) is 2. The van der Waals surface area contributed by atoms with Gasteiger partial charge in [-0.2, -0.15) is 0 Å². The Morgan fingerprint density at radius 2 is 1.70 bits per heavy atom. The first-order chi connectivity index (χ1) is 14.2. The van der Waals surface area contributed by atoms with Crippen LogP contribution >= 0.6 is 11.6 Å². The highest BCUT2D eigenvalue weighted by molar-refractivity contribution is 7.92. The molecular weight excluding hydrogens is 427 g/mol. The van der Waals surface area contributed by atoms with Gasteiger partial charge in [0.1, 0.15) is 5.82 Å². The second-order valence-electron chi connectivity index (χ2n) is 6.46. The van der Waals surface area contributed by atoms with Gasteiger partial charge in [-0.1, -0.05) is 41.9 Å². The van der Waals surface area contributed by atoms with Crippen molar-refractivity contribution in [2.45, 2.75) is 11.8 Å². The molecule has 0 aliphatic heterocycles. The number of rotatable bonds is 6. The van der Waals surface area contributed by atoms with Gasteiger partial charge in [0.05, 0.1) is 21.3 Å². The Labute approximate surface area is 179 Å². The fraction of sp³-hybridized carbons (Fsp3) is 0.0455. The van der Waals surface area contributed by atoms with Crippen molar-refractivity contribution in [2.24, 2.45) is 0 Å². The van der Waals surface area contributed by atoms with Gasteiger partial charge in [-0.05, 0) is 60.5 Å². The molecule has 0 aliphatic carbocycles. The second kappa shape index (κ2) is 9.11. The smallest absolute Gasteiger partial charge is 0.261 e. The van der Waals surface area contributed by atoms with Gasteiger partial charge in [0, 0.05) is 6.08 Å². The van der Waals surface area contributed by atoms with E-state index in [9.17, 15) is 17.6 Å². The number of carbonyl (C=O) groups is 1. The molecule has 1 amide bonds. The summed E-state index contributed by atoms with van der Waals surface area (Å²) in [6, 6.07) is 17.0. The summed E-state index contributed by atoms with van der Waals surface area (Å²) in [5, 5.41) is 2.75. The van der Waals surface area contributed by atoms with E-state index in [1.807, 2.05) is 0 Å². The van der Waals surface area contributed by atoms with Crippen molar-refractivity contribution < 1.29 is 17.6 Å². The van der Waals surface area contributed by atoms with E-state index in [1.54, 1.807) is 49.4 Å². The largest absolute Gasteiger partial charge is 0.320 e. The van der Waals surface area contributed by atoms with Crippen LogP contribution in [0.4, 0.5) is 15.8 Å². The molecule has 3 aromatic carbocycles. The van der Waals surface area contributed by atoms with Crippen LogP contribution in [0.25, 0.3) is 6.08 Å². The Hall–Kier alpha value is -3.16. The lowest BCUT2D eigenvalue weighted by molar-refractivity contribution is -0.111. The average Bonchev–Trinajstić information content (AvgIpc) is 2.70. The van der Waals surface area contributed by atoms with E-state index in [0.29, 0.717) is 5.56 Å². The summed E-state index contributed by atoms with van der Waals surface area (Å²) < 4.78 is 41.2. The van der Waals surface area contributed by atoms with Crippen LogP contribution in [0, 0.1) is 12.7 Å². The van der Waals surface area contributed by atoms with Gasteiger partial charge in [-0.15, -0.1) is 0 Å². The second-order valence-corrected chi connectivity index (χ2v) is 8.55. The van der Waals surface area contributed by atoms with E-state index in [2.05, 4.69) is 10.0 Å². The molecule has 0 unspecified atom stereocenters. The SMILES string of the molecule is Cc1ccc(NC(=O)/C=C/c2ccc(S(=O)(=O)Nc3ccccc3Cl)cc2)c(F)c1. The Balaban J connectivity index is 1.67. The molecule has 3 aromatic rings. The van der Waals surface area contributed by atoms with E-state index in [1.165, 1.54) is 36.4 Å². The van der Waals surface area contributed by atoms with Gasteiger partial charge in [0.25, 0.3) is 10.0 Å². The van der Waals surface area contributed by atoms with Crippen molar-refractivity contribution in [3.63, 3.8) is 0 Å². The van der Waals surface area contributed by atoms with E-state index in [4.69, 9.17) is 11.6 Å². The molecule has 0 fully saturated rings. The number of carbonyl (C=O) groups excluding carboxylic acids is 1. The first-order valence-electron chi connectivity index (χ1n) is 8.87. The number of amides is 1. The third kappa shape index (κ3) is 5.46. The van der Waals surface area contributed by atoms with Gasteiger partial charge in [0.2, 0.25) is 5.91 Å². The molecule has 0 bridgehead atoms. The molecule has 8 heteroatoms. The predicted octanol–water partition coefficient (Wildman–Crippen LogP) is 5.24. The minimum atomic E-state index is -3.81. The van der Waals surface area contributed by atoms with Crippen LogP contribution in [0.1, 0.15) is 11.1 Å². The molecule has 0 saturated carbocycles. The highest BCUT2D eigenvalue weighted by Gasteiger charge is 2.15. The van der Waals surface area contributed by atoms with E-state index < -0.39 is 21.7 Å². The van der Waals surface area contributed by atoms with Crippen LogP contribution in [-0.2, 0) is 14.8 Å². The fourth-order valence-electron chi connectivity index (χ4n) is 2.57. The number of hydrogen-bond acceptors (Lipinski definition) is 3. The van der Waals surface area contributed by atoms with Crippen LogP contribution in [-0.4, -0.2) is 14.3 Å². The van der Waals surface area contributed by atoms with Crippen molar-refractivity contribution in [3.8, 4) is 0 Å². The van der Waals surface area contributed by atoms with Crippen molar-refractivity contribution in [1.29, 1.82) is 0 Å². The number of aryl methyl sites for hydroxylation is 1. The lowest BCUT2D eigenvalue weighted by Crippen LogP contribution is -2.13. The molecule has 3 rings (SSSR count). The summed E-state index contributed by atoms with van der Waals surface area (Å²) in [5.41, 5.74) is 1.72. The quantitative estimate of drug-likeness (QED) is 0.510. The maximum absolute atomic E-state index is 13.8. The summed E-state index contributed by atoms with van der Waals surface area (Å²) in [6.07, 6.45) is 2.74. The molecule has 154 valence electrons. The standard InChI is InChI=1S/C22H18ClFN2O3S/c1-15-6-12-21(19(24)14-15)25-22(27)13-9-16-7-10-17(11-8-16)30(28,29)26-20-5-3-2-4-18(20)23/h2-14,26H,1H3,(H,25,27)/b13-9+. The topological polar surface area (TPSA) is 75.3 Å². The van der Waals surface area contributed by atoms with Crippen molar-refractivity contribution in [2.75, 3.05) is 10.0 Å². The molecule has 5 nitrogen and oxygen atoms in total. The van der Waals surface area contributed by atoms with Crippen LogP contribution in [0.15, 0.2) is 77.7 Å². The van der Waals surface area contributed by atoms with Crippen molar-refractivity contribution in [3.05, 3.63) is 94.8 Å². The van der Waals surface area contributed by atoms with Crippen LogP contribution in [0.2, 0.25) is 5.02 Å². The van der Waals surface area contributed by atoms with Crippen LogP contribution < -0.4 is 10.0 Å². The molecule has 0 aliphatic rings. The van der Waals surface area contributed by atoms with Crippen LogP contribution in [0.5, 0.6) is 0 Å². The zero-order valence-corrected chi connectivity index (χ0v) is 17.5. The lowest BCUT2D eigenvalue weighted by atomic mass is 10.2. The third-order valence-corrected chi connectivity index (χ3v) is 5.83. The summed E-state index contributed by atoms with van der Waals surface area (Å²) in [6.45, 7) is 1.75. The molecule has 0 radical (unpaired) electrons. The number of hydrogen-bond donors (Lipinski definition) is 2. The lowest BCUT2D eigenvalue weighted by Gasteiger charge is -2.09. The van der Waals surface area contributed by atoms with Crippen molar-refractivity contribution >= 4 is 45.0 Å². The van der Waals surface area contributed by atoms with Gasteiger partial charge >= 0.3 is 0 Å². The van der Waals surface area contributed by atoms with Gasteiger partial charge in [-0.3, -0.25) is 9.52 Å². The molecule has 30 heavy (non-hydrogen) atoms. The van der Waals surface area contributed by atoms with Gasteiger partial charge in [0.15, 0.2) is 0 Å². The number of anilines is 2. The Morgan fingerprint density at radius 1 is 1.00 bits per heavy atom. The number of halogens is 2. The highest BCUT2D eigenvalue weighted by Crippen LogP contribution is 2.24. The number of sulfonamides is 1. The fourth-order valence-corrected chi connectivity index (χ4v) is 3.89. The molecule has 0 heterocycles. The normalized spacial score (nSPS) is 11.4. The summed E-state index contributed by atoms with van der Waals surface area (Å²) in [4.78, 5) is 12.0. The number of benzene rings is 3. The third-order valence-electron chi connectivity index (χ3n) is 4.12. The molecule has 0 spiro atoms. The van der Waals surface area contributed by atoms with Crippen molar-refractivity contribution in [1.82, 2.24) is 0 Å². The Bertz CT molecular complexity index is 1210. The Kier molecular flexibility index (Phi) is 6.54. The first-order valence-corrected chi connectivity index (χ1v) is 10.7. The molecule has 0 atom stereocenters. The zero-order valence-electron chi connectivity index (χ0n) is 15.9. The highest BCUT2D eigenvalue weighted by atomic mass is 35.5. The monoisotopic (exact) mass is 444 g/mol. The zero-order chi connectivity index (χ0) is 21.7. The minimum Gasteiger partial charge on any atom is -0.320 e. The van der Waals surface area contributed by atoms with E-state index in [0.717, 1.165) is 5.56 Å². The predicted molar refractivity (Wildman–Crippen MR) is 118 cm³/mol. The average molecular weight is 445 g/mol. The van der Waals surface area contributed by atoms with E-state index >= 15 is 0 Å². The maximum atomic E-state index is 13.8. The van der Waals surface area contributed by atoms with E-state index in [-0.39, 0.29) is 21.3 Å². The summed E-state index contributed by atoms with van der Waals surface area (Å²) in [5.74, 6) is -1.02. The Morgan fingerprint density at radius 3 is 2.37 bits per heavy atom. The molecule has 2 N–H and O–H groups in total. The molecule has 0 aromatic heterocycles. The molecule has 0 saturated heterocycles. The summed E-state index contributed by atoms with van der Waals surface area (Å²) >= 11 is 5.99. The maximum Gasteiger partial charge on any atom is 0.261 e. The van der Waals surface area contributed by atoms with Gasteiger partial charge in [-0.25, -0.2) is 12.8 Å². The molecular formula is C22H18ClFN2O3S. The summed E-state index contributed by atoms with van der Waals surface area (Å²) in [7, 11) is -3.81. The van der Waals surface area contributed by atoms with Gasteiger partial charge < -0.3 is 5.32 Å². The van der Waals surface area contributed by atoms with Crippen LogP contribution in [0.3, 0.4) is 0 Å².